The van der Waals surface area contributed by atoms with E-state index in [-0.39, 0.29) is 16.9 Å². The Kier molecular flexibility index (Phi) is 5.58. The molecule has 2 amide bonds. The summed E-state index contributed by atoms with van der Waals surface area (Å²) in [6.07, 6.45) is 1.65. The van der Waals surface area contributed by atoms with E-state index < -0.39 is 11.9 Å². The lowest BCUT2D eigenvalue weighted by Crippen LogP contribution is -2.46. The minimum atomic E-state index is -4.41. The summed E-state index contributed by atoms with van der Waals surface area (Å²) in [7, 11) is 0. The topological polar surface area (TPSA) is 52.6 Å². The van der Waals surface area contributed by atoms with E-state index in [1.54, 1.807) is 6.20 Å². The molecule has 0 N–H and O–H groups in total. The number of anilines is 1. The summed E-state index contributed by atoms with van der Waals surface area (Å²) in [6.45, 7) is 8.73. The number of piperidine rings is 1. The molecule has 0 aromatic carbocycles. The molecule has 2 saturated heterocycles. The zero-order valence-electron chi connectivity index (χ0n) is 19.6. The smallest absolute Gasteiger partial charge is 0.324 e. The Labute approximate surface area is 197 Å². The van der Waals surface area contributed by atoms with Crippen LogP contribution in [0.1, 0.15) is 50.1 Å². The third-order valence-corrected chi connectivity index (χ3v) is 7.65. The summed E-state index contributed by atoms with van der Waals surface area (Å²) in [5, 5.41) is 0. The molecule has 0 unspecified atom stereocenters. The summed E-state index contributed by atoms with van der Waals surface area (Å²) >= 11 is 0. The minimum Gasteiger partial charge on any atom is -0.324 e. The van der Waals surface area contributed by atoms with Gasteiger partial charge in [-0.3, -0.25) is 19.8 Å². The zero-order valence-corrected chi connectivity index (χ0v) is 19.6. The Hall–Kier alpha value is -2.68. The van der Waals surface area contributed by atoms with Crippen LogP contribution < -0.4 is 4.90 Å². The second-order valence-corrected chi connectivity index (χ2v) is 10.6. The van der Waals surface area contributed by atoms with Crippen molar-refractivity contribution in [2.45, 2.75) is 51.2 Å². The maximum absolute atomic E-state index is 13.5. The number of likely N-dealkylation sites (tertiary alicyclic amines) is 2. The number of carbonyl (C=O) groups is 1. The molecule has 0 saturated carbocycles. The lowest BCUT2D eigenvalue weighted by atomic mass is 9.77. The second-order valence-electron chi connectivity index (χ2n) is 10.6. The van der Waals surface area contributed by atoms with Gasteiger partial charge in [0.2, 0.25) is 0 Å². The van der Waals surface area contributed by atoms with Crippen LogP contribution in [0.3, 0.4) is 0 Å². The normalized spacial score (nSPS) is 21.8. The highest BCUT2D eigenvalue weighted by Gasteiger charge is 2.46. The standard InChI is InChI=1S/C25H30F3N5O/c1-23(2)16-33(19-4-3-10-29-21(19)23)22(34)32-13-9-24(17-32)7-11-31(12-8-24)15-18-5-6-20(30-14-18)25(26,27)28/h3-6,10,14H,7-9,11-13,15-17H2,1-2H3. The predicted molar refractivity (Wildman–Crippen MR) is 122 cm³/mol. The number of pyridine rings is 2. The molecule has 9 heteroatoms. The molecule has 0 bridgehead atoms. The molecule has 5 heterocycles. The van der Waals surface area contributed by atoms with Gasteiger partial charge in [-0.2, -0.15) is 13.2 Å². The highest BCUT2D eigenvalue weighted by atomic mass is 19.4. The Morgan fingerprint density at radius 1 is 1.03 bits per heavy atom. The number of hydrogen-bond donors (Lipinski definition) is 0. The number of urea groups is 1. The van der Waals surface area contributed by atoms with E-state index in [2.05, 4.69) is 28.7 Å². The average Bonchev–Trinajstić information content (AvgIpc) is 3.34. The van der Waals surface area contributed by atoms with Crippen LogP contribution in [0.15, 0.2) is 36.7 Å². The number of amides is 2. The fourth-order valence-electron chi connectivity index (χ4n) is 5.67. The summed E-state index contributed by atoms with van der Waals surface area (Å²) in [5.41, 5.74) is 1.78. The third kappa shape index (κ3) is 4.26. The number of hydrogen-bond acceptors (Lipinski definition) is 4. The lowest BCUT2D eigenvalue weighted by molar-refractivity contribution is -0.141. The van der Waals surface area contributed by atoms with Crippen LogP contribution in [0.2, 0.25) is 0 Å². The van der Waals surface area contributed by atoms with Gasteiger partial charge in [0.15, 0.2) is 0 Å². The molecule has 3 aliphatic rings. The summed E-state index contributed by atoms with van der Waals surface area (Å²) in [4.78, 5) is 27.7. The van der Waals surface area contributed by atoms with Crippen LogP contribution in [0, 0.1) is 5.41 Å². The molecule has 5 rings (SSSR count). The number of carbonyl (C=O) groups excluding carboxylic acids is 1. The SMILES string of the molecule is CC1(C)CN(C(=O)N2CCC3(CCN(Cc4ccc(C(F)(F)F)nc4)CC3)C2)c2cccnc21. The highest BCUT2D eigenvalue weighted by molar-refractivity contribution is 5.94. The van der Waals surface area contributed by atoms with Gasteiger partial charge in [-0.25, -0.2) is 4.79 Å². The monoisotopic (exact) mass is 473 g/mol. The van der Waals surface area contributed by atoms with Crippen molar-refractivity contribution in [3.8, 4) is 0 Å². The van der Waals surface area contributed by atoms with E-state index in [1.807, 2.05) is 21.9 Å². The van der Waals surface area contributed by atoms with Crippen molar-refractivity contribution in [2.24, 2.45) is 5.41 Å². The van der Waals surface area contributed by atoms with Crippen LogP contribution in [0.4, 0.5) is 23.7 Å². The molecule has 3 aliphatic heterocycles. The number of halogens is 3. The number of aromatic nitrogens is 2. The van der Waals surface area contributed by atoms with Crippen molar-refractivity contribution in [1.82, 2.24) is 19.8 Å². The van der Waals surface area contributed by atoms with Crippen LogP contribution in [-0.2, 0) is 18.1 Å². The molecule has 0 aliphatic carbocycles. The first kappa shape index (κ1) is 23.1. The maximum atomic E-state index is 13.5. The van der Waals surface area contributed by atoms with E-state index in [4.69, 9.17) is 0 Å². The van der Waals surface area contributed by atoms with E-state index in [1.165, 1.54) is 12.3 Å². The molecule has 0 atom stereocenters. The van der Waals surface area contributed by atoms with Gasteiger partial charge in [0.1, 0.15) is 5.69 Å². The van der Waals surface area contributed by atoms with Gasteiger partial charge < -0.3 is 4.90 Å². The Balaban J connectivity index is 1.18. The molecule has 2 fully saturated rings. The van der Waals surface area contributed by atoms with Crippen molar-refractivity contribution in [1.29, 1.82) is 0 Å². The molecule has 6 nitrogen and oxygen atoms in total. The largest absolute Gasteiger partial charge is 0.433 e. The number of nitrogens with zero attached hydrogens (tertiary/aromatic N) is 5. The van der Waals surface area contributed by atoms with Crippen molar-refractivity contribution in [3.05, 3.63) is 53.6 Å². The molecule has 1 spiro atoms. The summed E-state index contributed by atoms with van der Waals surface area (Å²) in [5.74, 6) is 0. The first-order valence-corrected chi connectivity index (χ1v) is 11.8. The first-order valence-electron chi connectivity index (χ1n) is 11.8. The Morgan fingerprint density at radius 3 is 2.44 bits per heavy atom. The second kappa shape index (κ2) is 8.22. The van der Waals surface area contributed by atoms with Crippen LogP contribution in [0.5, 0.6) is 0 Å². The van der Waals surface area contributed by atoms with E-state index in [9.17, 15) is 18.0 Å². The quantitative estimate of drug-likeness (QED) is 0.635. The molecule has 34 heavy (non-hydrogen) atoms. The number of alkyl halides is 3. The van der Waals surface area contributed by atoms with Gasteiger partial charge in [0, 0.05) is 44.0 Å². The van der Waals surface area contributed by atoms with Crippen LogP contribution >= 0.6 is 0 Å². The molecular weight excluding hydrogens is 443 g/mol. The molecule has 2 aromatic heterocycles. The Morgan fingerprint density at radius 2 is 1.76 bits per heavy atom. The third-order valence-electron chi connectivity index (χ3n) is 7.65. The van der Waals surface area contributed by atoms with Crippen molar-refractivity contribution in [3.63, 3.8) is 0 Å². The lowest BCUT2D eigenvalue weighted by Gasteiger charge is -2.39. The van der Waals surface area contributed by atoms with Gasteiger partial charge >= 0.3 is 12.2 Å². The van der Waals surface area contributed by atoms with Crippen LogP contribution in [0.25, 0.3) is 0 Å². The van der Waals surface area contributed by atoms with Gasteiger partial charge in [0.05, 0.1) is 11.4 Å². The molecule has 2 aromatic rings. The predicted octanol–water partition coefficient (Wildman–Crippen LogP) is 4.70. The van der Waals surface area contributed by atoms with Crippen molar-refractivity contribution in [2.75, 3.05) is 37.6 Å². The highest BCUT2D eigenvalue weighted by Crippen LogP contribution is 2.43. The summed E-state index contributed by atoms with van der Waals surface area (Å²) < 4.78 is 38.2. The fourth-order valence-corrected chi connectivity index (χ4v) is 5.67. The average molecular weight is 474 g/mol. The van der Waals surface area contributed by atoms with Gasteiger partial charge in [-0.05, 0) is 61.5 Å². The Bertz CT molecular complexity index is 1060. The van der Waals surface area contributed by atoms with E-state index in [0.29, 0.717) is 13.1 Å². The molecule has 182 valence electrons. The number of rotatable bonds is 2. The zero-order chi connectivity index (χ0) is 24.1. The van der Waals surface area contributed by atoms with Crippen LogP contribution in [-0.4, -0.2) is 58.5 Å². The molecule has 0 radical (unpaired) electrons. The fraction of sp³-hybridized carbons (Fsp3) is 0.560. The molecular formula is C25H30F3N5O. The van der Waals surface area contributed by atoms with E-state index in [0.717, 1.165) is 68.5 Å². The van der Waals surface area contributed by atoms with Gasteiger partial charge in [-0.15, -0.1) is 0 Å². The first-order chi connectivity index (χ1) is 16.1. The van der Waals surface area contributed by atoms with Gasteiger partial charge in [-0.1, -0.05) is 19.9 Å². The van der Waals surface area contributed by atoms with Crippen molar-refractivity contribution < 1.29 is 18.0 Å². The van der Waals surface area contributed by atoms with E-state index >= 15 is 0 Å². The maximum Gasteiger partial charge on any atom is 0.433 e. The van der Waals surface area contributed by atoms with Gasteiger partial charge in [0.25, 0.3) is 0 Å². The number of fused-ring (bicyclic) bond motifs is 1. The minimum absolute atomic E-state index is 0.0648. The van der Waals surface area contributed by atoms with Crippen molar-refractivity contribution >= 4 is 11.7 Å². The summed E-state index contributed by atoms with van der Waals surface area (Å²) in [6, 6.07) is 6.49.